The predicted octanol–water partition coefficient (Wildman–Crippen LogP) is 4.92. The zero-order valence-corrected chi connectivity index (χ0v) is 15.9. The number of hydrogen-bond acceptors (Lipinski definition) is 3. The number of alkyl halides is 3. The second kappa shape index (κ2) is 9.73. The fraction of sp³-hybridized carbons (Fsp3) is 0.130. The Labute approximate surface area is 172 Å². The summed E-state index contributed by atoms with van der Waals surface area (Å²) < 4.78 is 45.6. The Morgan fingerprint density at radius 3 is 2.33 bits per heavy atom. The molecule has 1 N–H and O–H groups in total. The lowest BCUT2D eigenvalue weighted by Gasteiger charge is -2.12. The summed E-state index contributed by atoms with van der Waals surface area (Å²) in [5.74, 6) is -0.180. The number of amides is 1. The summed E-state index contributed by atoms with van der Waals surface area (Å²) >= 11 is 0. The molecule has 0 fully saturated rings. The van der Waals surface area contributed by atoms with E-state index < -0.39 is 17.7 Å². The molecule has 4 nitrogen and oxygen atoms in total. The maximum atomic E-state index is 13.3. The number of ether oxygens (including phenoxy) is 1. The standard InChI is InChI=1S/C23H19F3N2O2/c24-23(25,26)21(19-6-2-1-3-7-19)13-22(29)28-15-17-8-10-20(11-9-17)30-16-18-5-4-12-27-14-18/h1-14H,15-16H2,(H,28,29)/b21-13+. The Balaban J connectivity index is 1.57. The normalized spacial score (nSPS) is 11.8. The van der Waals surface area contributed by atoms with Gasteiger partial charge in [-0.05, 0) is 29.3 Å². The summed E-state index contributed by atoms with van der Waals surface area (Å²) in [5, 5.41) is 2.48. The zero-order valence-electron chi connectivity index (χ0n) is 15.9. The number of hydrogen-bond donors (Lipinski definition) is 1. The monoisotopic (exact) mass is 412 g/mol. The maximum Gasteiger partial charge on any atom is 0.417 e. The van der Waals surface area contributed by atoms with Crippen molar-refractivity contribution in [1.82, 2.24) is 10.3 Å². The molecule has 3 aromatic rings. The van der Waals surface area contributed by atoms with Gasteiger partial charge in [-0.1, -0.05) is 48.5 Å². The molecule has 3 rings (SSSR count). The van der Waals surface area contributed by atoms with Crippen LogP contribution in [0, 0.1) is 0 Å². The summed E-state index contributed by atoms with van der Waals surface area (Å²) in [7, 11) is 0. The Morgan fingerprint density at radius 2 is 1.70 bits per heavy atom. The zero-order chi connectivity index (χ0) is 21.4. The first-order chi connectivity index (χ1) is 14.4. The van der Waals surface area contributed by atoms with Gasteiger partial charge in [0.2, 0.25) is 5.91 Å². The Morgan fingerprint density at radius 1 is 0.967 bits per heavy atom. The van der Waals surface area contributed by atoms with E-state index in [1.165, 1.54) is 24.3 Å². The van der Waals surface area contributed by atoms with Gasteiger partial charge in [0, 0.05) is 30.6 Å². The summed E-state index contributed by atoms with van der Waals surface area (Å²) in [6, 6.07) is 17.9. The summed E-state index contributed by atoms with van der Waals surface area (Å²) in [6.07, 6.45) is -0.659. The Hall–Kier alpha value is -3.61. The van der Waals surface area contributed by atoms with Gasteiger partial charge in [-0.15, -0.1) is 0 Å². The van der Waals surface area contributed by atoms with Gasteiger partial charge in [0.15, 0.2) is 0 Å². The first-order valence-electron chi connectivity index (χ1n) is 9.14. The van der Waals surface area contributed by atoms with Crippen molar-refractivity contribution < 1.29 is 22.7 Å². The minimum absolute atomic E-state index is 0.0599. The van der Waals surface area contributed by atoms with Gasteiger partial charge in [0.05, 0.1) is 5.57 Å². The van der Waals surface area contributed by atoms with Crippen LogP contribution in [-0.4, -0.2) is 17.1 Å². The van der Waals surface area contributed by atoms with E-state index in [0.29, 0.717) is 18.4 Å². The molecule has 154 valence electrons. The average Bonchev–Trinajstić information content (AvgIpc) is 2.76. The molecule has 7 heteroatoms. The van der Waals surface area contributed by atoms with Crippen LogP contribution < -0.4 is 10.1 Å². The van der Waals surface area contributed by atoms with Gasteiger partial charge >= 0.3 is 6.18 Å². The molecule has 0 aliphatic heterocycles. The van der Waals surface area contributed by atoms with Crippen molar-refractivity contribution >= 4 is 11.5 Å². The second-order valence-electron chi connectivity index (χ2n) is 6.43. The van der Waals surface area contributed by atoms with Crippen LogP contribution in [0.1, 0.15) is 16.7 Å². The van der Waals surface area contributed by atoms with Gasteiger partial charge in [-0.3, -0.25) is 9.78 Å². The number of nitrogens with zero attached hydrogens (tertiary/aromatic N) is 1. The van der Waals surface area contributed by atoms with E-state index in [2.05, 4.69) is 10.3 Å². The summed E-state index contributed by atoms with van der Waals surface area (Å²) in [5.41, 5.74) is 0.619. The van der Waals surface area contributed by atoms with E-state index in [0.717, 1.165) is 11.1 Å². The van der Waals surface area contributed by atoms with E-state index >= 15 is 0 Å². The van der Waals surface area contributed by atoms with E-state index in [1.54, 1.807) is 42.7 Å². The van der Waals surface area contributed by atoms with Gasteiger partial charge in [-0.2, -0.15) is 13.2 Å². The number of nitrogens with one attached hydrogen (secondary N) is 1. The highest BCUT2D eigenvalue weighted by Gasteiger charge is 2.35. The number of halogens is 3. The SMILES string of the molecule is O=C(/C=C(\c1ccccc1)C(F)(F)F)NCc1ccc(OCc2cccnc2)cc1. The lowest BCUT2D eigenvalue weighted by molar-refractivity contribution is -0.117. The van der Waals surface area contributed by atoms with Crippen molar-refractivity contribution in [2.75, 3.05) is 0 Å². The molecule has 1 amide bonds. The van der Waals surface area contributed by atoms with Gasteiger partial charge in [-0.25, -0.2) is 0 Å². The first-order valence-corrected chi connectivity index (χ1v) is 9.14. The number of carbonyl (C=O) groups is 1. The molecule has 0 aliphatic rings. The number of aromatic nitrogens is 1. The smallest absolute Gasteiger partial charge is 0.417 e. The minimum atomic E-state index is -4.63. The molecule has 1 aromatic heterocycles. The molecule has 0 aliphatic carbocycles. The second-order valence-corrected chi connectivity index (χ2v) is 6.43. The van der Waals surface area contributed by atoms with Gasteiger partial charge in [0.1, 0.15) is 12.4 Å². The molecule has 0 atom stereocenters. The molecule has 0 saturated heterocycles. The molecule has 0 unspecified atom stereocenters. The molecule has 0 spiro atoms. The summed E-state index contributed by atoms with van der Waals surface area (Å²) in [6.45, 7) is 0.465. The Kier molecular flexibility index (Phi) is 6.85. The van der Waals surface area contributed by atoms with Crippen molar-refractivity contribution in [3.63, 3.8) is 0 Å². The highest BCUT2D eigenvalue weighted by molar-refractivity contribution is 5.96. The van der Waals surface area contributed by atoms with Crippen LogP contribution in [0.5, 0.6) is 5.75 Å². The molecule has 1 heterocycles. The van der Waals surface area contributed by atoms with Crippen molar-refractivity contribution in [3.05, 3.63) is 102 Å². The van der Waals surface area contributed by atoms with E-state index in [1.807, 2.05) is 12.1 Å². The minimum Gasteiger partial charge on any atom is -0.489 e. The van der Waals surface area contributed by atoms with E-state index in [4.69, 9.17) is 4.74 Å². The molecule has 0 bridgehead atoms. The number of benzene rings is 2. The van der Waals surface area contributed by atoms with Crippen molar-refractivity contribution in [1.29, 1.82) is 0 Å². The van der Waals surface area contributed by atoms with Gasteiger partial charge < -0.3 is 10.1 Å². The fourth-order valence-corrected chi connectivity index (χ4v) is 2.67. The van der Waals surface area contributed by atoms with Crippen molar-refractivity contribution in [3.8, 4) is 5.75 Å². The summed E-state index contributed by atoms with van der Waals surface area (Å²) in [4.78, 5) is 16.1. The highest BCUT2D eigenvalue weighted by Crippen LogP contribution is 2.33. The number of allylic oxidation sites excluding steroid dienone is 1. The van der Waals surface area contributed by atoms with Crippen LogP contribution in [0.2, 0.25) is 0 Å². The van der Waals surface area contributed by atoms with Crippen molar-refractivity contribution in [2.45, 2.75) is 19.3 Å². The van der Waals surface area contributed by atoms with Crippen LogP contribution in [-0.2, 0) is 17.9 Å². The lowest BCUT2D eigenvalue weighted by atomic mass is 10.1. The highest BCUT2D eigenvalue weighted by atomic mass is 19.4. The average molecular weight is 412 g/mol. The first kappa shape index (κ1) is 21.1. The van der Waals surface area contributed by atoms with Gasteiger partial charge in [0.25, 0.3) is 0 Å². The van der Waals surface area contributed by atoms with E-state index in [-0.39, 0.29) is 12.1 Å². The Bertz CT molecular complexity index is 986. The third-order valence-corrected chi connectivity index (χ3v) is 4.18. The molecule has 0 saturated carbocycles. The quantitative estimate of drug-likeness (QED) is 0.561. The number of carbonyl (C=O) groups excluding carboxylic acids is 1. The third-order valence-electron chi connectivity index (χ3n) is 4.18. The lowest BCUT2D eigenvalue weighted by Crippen LogP contribution is -2.22. The van der Waals surface area contributed by atoms with Crippen LogP contribution in [0.15, 0.2) is 85.2 Å². The van der Waals surface area contributed by atoms with Crippen molar-refractivity contribution in [2.24, 2.45) is 0 Å². The van der Waals surface area contributed by atoms with E-state index in [9.17, 15) is 18.0 Å². The third kappa shape index (κ3) is 6.20. The van der Waals surface area contributed by atoms with Crippen LogP contribution in [0.4, 0.5) is 13.2 Å². The molecular weight excluding hydrogens is 393 g/mol. The maximum absolute atomic E-state index is 13.3. The molecule has 30 heavy (non-hydrogen) atoms. The van der Waals surface area contributed by atoms with Crippen LogP contribution in [0.25, 0.3) is 5.57 Å². The largest absolute Gasteiger partial charge is 0.489 e. The number of pyridine rings is 1. The fourth-order valence-electron chi connectivity index (χ4n) is 2.67. The topological polar surface area (TPSA) is 51.2 Å². The molecule has 2 aromatic carbocycles. The molecular formula is C23H19F3N2O2. The van der Waals surface area contributed by atoms with Crippen LogP contribution >= 0.6 is 0 Å². The number of rotatable bonds is 7. The molecule has 0 radical (unpaired) electrons. The predicted molar refractivity (Wildman–Crippen MR) is 107 cm³/mol. The van der Waals surface area contributed by atoms with Crippen LogP contribution in [0.3, 0.4) is 0 Å².